The second kappa shape index (κ2) is 5.64. The van der Waals surface area contributed by atoms with Crippen LogP contribution in [0.2, 0.25) is 0 Å². The molecule has 0 aromatic rings. The van der Waals surface area contributed by atoms with Gasteiger partial charge in [-0.1, -0.05) is 6.08 Å². The molecule has 0 fully saturated rings. The summed E-state index contributed by atoms with van der Waals surface area (Å²) < 4.78 is 0. The SMILES string of the molecule is N#CCCCC1(CC(O)CO)C=CC=N1. The molecule has 2 unspecified atom stereocenters. The Morgan fingerprint density at radius 3 is 2.87 bits per heavy atom. The maximum Gasteiger partial charge on any atom is 0.0817 e. The van der Waals surface area contributed by atoms with E-state index in [9.17, 15) is 5.11 Å². The zero-order chi connectivity index (χ0) is 11.1. The number of aliphatic hydroxyl groups excluding tert-OH is 2. The first-order valence-corrected chi connectivity index (χ1v) is 5.11. The van der Waals surface area contributed by atoms with Crippen molar-refractivity contribution in [1.82, 2.24) is 0 Å². The first-order valence-electron chi connectivity index (χ1n) is 5.11. The van der Waals surface area contributed by atoms with Gasteiger partial charge in [-0.2, -0.15) is 5.26 Å². The molecule has 82 valence electrons. The van der Waals surface area contributed by atoms with Crippen LogP contribution in [0.5, 0.6) is 0 Å². The lowest BCUT2D eigenvalue weighted by atomic mass is 9.88. The van der Waals surface area contributed by atoms with Crippen molar-refractivity contribution < 1.29 is 10.2 Å². The van der Waals surface area contributed by atoms with Gasteiger partial charge in [-0.3, -0.25) is 4.99 Å². The monoisotopic (exact) mass is 208 g/mol. The fourth-order valence-electron chi connectivity index (χ4n) is 1.77. The highest BCUT2D eigenvalue weighted by molar-refractivity contribution is 5.75. The van der Waals surface area contributed by atoms with E-state index < -0.39 is 11.6 Å². The number of aliphatic hydroxyl groups is 2. The molecule has 1 rings (SSSR count). The van der Waals surface area contributed by atoms with E-state index in [4.69, 9.17) is 10.4 Å². The molecule has 0 aliphatic carbocycles. The maximum absolute atomic E-state index is 9.42. The number of unbranched alkanes of at least 4 members (excludes halogenated alkanes) is 1. The van der Waals surface area contributed by atoms with Gasteiger partial charge in [0.2, 0.25) is 0 Å². The first kappa shape index (κ1) is 11.9. The highest BCUT2D eigenvalue weighted by atomic mass is 16.3. The van der Waals surface area contributed by atoms with Crippen LogP contribution in [0.1, 0.15) is 25.7 Å². The Hall–Kier alpha value is -1.18. The summed E-state index contributed by atoms with van der Waals surface area (Å²) in [5.74, 6) is 0. The molecule has 0 spiro atoms. The van der Waals surface area contributed by atoms with E-state index in [0.717, 1.165) is 12.8 Å². The van der Waals surface area contributed by atoms with Gasteiger partial charge in [0, 0.05) is 19.1 Å². The van der Waals surface area contributed by atoms with Gasteiger partial charge in [-0.15, -0.1) is 0 Å². The molecule has 1 aliphatic rings. The minimum atomic E-state index is -0.744. The predicted octanol–water partition coefficient (Wildman–Crippen LogP) is 0.803. The zero-order valence-corrected chi connectivity index (χ0v) is 8.63. The molecule has 0 aromatic heterocycles. The standard InChI is InChI=1S/C11H16N2O2/c12-6-2-1-4-11(5-3-7-13-11)8-10(15)9-14/h3,5,7,10,14-15H,1-2,4,8-9H2. The van der Waals surface area contributed by atoms with Crippen molar-refractivity contribution in [2.24, 2.45) is 4.99 Å². The number of aliphatic imine (C=N–C) groups is 1. The summed E-state index contributed by atoms with van der Waals surface area (Å²) >= 11 is 0. The van der Waals surface area contributed by atoms with E-state index in [1.165, 1.54) is 0 Å². The van der Waals surface area contributed by atoms with Crippen molar-refractivity contribution in [3.05, 3.63) is 12.2 Å². The number of rotatable bonds is 6. The van der Waals surface area contributed by atoms with E-state index in [1.807, 2.05) is 12.2 Å². The fraction of sp³-hybridized carbons (Fsp3) is 0.636. The molecule has 0 saturated carbocycles. The van der Waals surface area contributed by atoms with Crippen LogP contribution in [0.15, 0.2) is 17.1 Å². The summed E-state index contributed by atoms with van der Waals surface area (Å²) in [6.07, 6.45) is 7.16. The largest absolute Gasteiger partial charge is 0.394 e. The van der Waals surface area contributed by atoms with Crippen LogP contribution in [0, 0.1) is 11.3 Å². The van der Waals surface area contributed by atoms with Gasteiger partial charge in [0.15, 0.2) is 0 Å². The number of nitrogens with zero attached hydrogens (tertiary/aromatic N) is 2. The van der Waals surface area contributed by atoms with Crippen LogP contribution in [-0.4, -0.2) is 34.7 Å². The summed E-state index contributed by atoms with van der Waals surface area (Å²) in [6.45, 7) is -0.247. The topological polar surface area (TPSA) is 76.6 Å². The summed E-state index contributed by atoms with van der Waals surface area (Å²) in [4.78, 5) is 4.31. The molecule has 1 aliphatic heterocycles. The van der Waals surface area contributed by atoms with Gasteiger partial charge in [0.25, 0.3) is 0 Å². The Morgan fingerprint density at radius 2 is 2.33 bits per heavy atom. The lowest BCUT2D eigenvalue weighted by Gasteiger charge is -2.25. The molecule has 0 radical (unpaired) electrons. The van der Waals surface area contributed by atoms with Crippen LogP contribution in [0.3, 0.4) is 0 Å². The third-order valence-electron chi connectivity index (χ3n) is 2.52. The third-order valence-corrected chi connectivity index (χ3v) is 2.52. The average Bonchev–Trinajstić information content (AvgIpc) is 2.67. The predicted molar refractivity (Wildman–Crippen MR) is 57.5 cm³/mol. The zero-order valence-electron chi connectivity index (χ0n) is 8.63. The summed E-state index contributed by atoms with van der Waals surface area (Å²) in [5, 5.41) is 26.7. The molecule has 1 heterocycles. The molecule has 4 nitrogen and oxygen atoms in total. The van der Waals surface area contributed by atoms with Crippen molar-refractivity contribution in [2.45, 2.75) is 37.3 Å². The number of nitriles is 1. The van der Waals surface area contributed by atoms with E-state index >= 15 is 0 Å². The molecule has 2 atom stereocenters. The van der Waals surface area contributed by atoms with Crippen molar-refractivity contribution >= 4 is 6.21 Å². The van der Waals surface area contributed by atoms with E-state index in [-0.39, 0.29) is 6.61 Å². The van der Waals surface area contributed by atoms with E-state index in [1.54, 1.807) is 6.21 Å². The Bertz CT molecular complexity index is 279. The Morgan fingerprint density at radius 1 is 1.53 bits per heavy atom. The van der Waals surface area contributed by atoms with Crippen molar-refractivity contribution in [3.8, 4) is 6.07 Å². The van der Waals surface area contributed by atoms with Crippen molar-refractivity contribution in [3.63, 3.8) is 0 Å². The quantitative estimate of drug-likeness (QED) is 0.634. The first-order chi connectivity index (χ1) is 7.22. The van der Waals surface area contributed by atoms with Gasteiger partial charge in [-0.05, 0) is 18.9 Å². The van der Waals surface area contributed by atoms with Crippen molar-refractivity contribution in [1.29, 1.82) is 5.26 Å². The molecule has 4 heteroatoms. The minimum absolute atomic E-state index is 0.247. The van der Waals surface area contributed by atoms with E-state index in [2.05, 4.69) is 11.1 Å². The molecule has 0 amide bonds. The van der Waals surface area contributed by atoms with Crippen LogP contribution in [-0.2, 0) is 0 Å². The molecular formula is C11H16N2O2. The normalized spacial score (nSPS) is 25.4. The minimum Gasteiger partial charge on any atom is -0.394 e. The van der Waals surface area contributed by atoms with Gasteiger partial charge in [0.1, 0.15) is 0 Å². The Labute approximate surface area is 89.6 Å². The number of allylic oxidation sites excluding steroid dienone is 1. The van der Waals surface area contributed by atoms with Gasteiger partial charge in [0.05, 0.1) is 24.3 Å². The highest BCUT2D eigenvalue weighted by Crippen LogP contribution is 2.29. The van der Waals surface area contributed by atoms with Gasteiger partial charge in [-0.25, -0.2) is 0 Å². The summed E-state index contributed by atoms with van der Waals surface area (Å²) in [7, 11) is 0. The molecule has 0 saturated heterocycles. The summed E-state index contributed by atoms with van der Waals surface area (Å²) in [6, 6.07) is 2.09. The van der Waals surface area contributed by atoms with Crippen LogP contribution >= 0.6 is 0 Å². The van der Waals surface area contributed by atoms with Crippen LogP contribution in [0.25, 0.3) is 0 Å². The Kier molecular flexibility index (Phi) is 4.47. The number of hydrogen-bond acceptors (Lipinski definition) is 4. The molecule has 15 heavy (non-hydrogen) atoms. The lowest BCUT2D eigenvalue weighted by molar-refractivity contribution is 0.0738. The second-order valence-electron chi connectivity index (χ2n) is 3.79. The average molecular weight is 208 g/mol. The summed E-state index contributed by atoms with van der Waals surface area (Å²) in [5.41, 5.74) is -0.404. The Balaban J connectivity index is 2.52. The molecular weight excluding hydrogens is 192 g/mol. The smallest absolute Gasteiger partial charge is 0.0817 e. The molecule has 0 bridgehead atoms. The van der Waals surface area contributed by atoms with E-state index in [0.29, 0.717) is 12.8 Å². The lowest BCUT2D eigenvalue weighted by Crippen LogP contribution is -2.30. The fourth-order valence-corrected chi connectivity index (χ4v) is 1.77. The van der Waals surface area contributed by atoms with Crippen LogP contribution < -0.4 is 0 Å². The third kappa shape index (κ3) is 3.46. The molecule has 2 N–H and O–H groups in total. The van der Waals surface area contributed by atoms with Gasteiger partial charge >= 0.3 is 0 Å². The number of hydrogen-bond donors (Lipinski definition) is 2. The van der Waals surface area contributed by atoms with Crippen molar-refractivity contribution in [2.75, 3.05) is 6.61 Å². The van der Waals surface area contributed by atoms with Crippen LogP contribution in [0.4, 0.5) is 0 Å². The molecule has 0 aromatic carbocycles. The maximum atomic E-state index is 9.42. The van der Waals surface area contributed by atoms with Gasteiger partial charge < -0.3 is 10.2 Å². The second-order valence-corrected chi connectivity index (χ2v) is 3.79. The highest BCUT2D eigenvalue weighted by Gasteiger charge is 2.29.